The van der Waals surface area contributed by atoms with E-state index in [1.165, 1.54) is 7.11 Å². The third kappa shape index (κ3) is 4.46. The highest BCUT2D eigenvalue weighted by molar-refractivity contribution is 14.1. The van der Waals surface area contributed by atoms with Crippen molar-refractivity contribution >= 4 is 38.8 Å². The molecule has 0 radical (unpaired) electrons. The molecule has 1 aromatic carbocycles. The lowest BCUT2D eigenvalue weighted by Crippen LogP contribution is -2.08. The van der Waals surface area contributed by atoms with Gasteiger partial charge in [-0.15, -0.1) is 0 Å². The Kier molecular flexibility index (Phi) is 5.42. The first-order chi connectivity index (χ1) is 8.37. The van der Waals surface area contributed by atoms with Crippen LogP contribution in [-0.2, 0) is 10.1 Å². The fraction of sp³-hybridized carbons (Fsp3) is 0.273. The van der Waals surface area contributed by atoms with Crippen LogP contribution in [0.15, 0.2) is 18.2 Å². The van der Waals surface area contributed by atoms with Gasteiger partial charge >= 0.3 is 10.1 Å². The van der Waals surface area contributed by atoms with Gasteiger partial charge in [-0.3, -0.25) is 0 Å². The molecule has 18 heavy (non-hydrogen) atoms. The summed E-state index contributed by atoms with van der Waals surface area (Å²) < 4.78 is 32.9. The summed E-state index contributed by atoms with van der Waals surface area (Å²) in [6.07, 6.45) is 4.25. The highest BCUT2D eigenvalue weighted by Crippen LogP contribution is 2.35. The lowest BCUT2D eigenvalue weighted by atomic mass is 10.2. The van der Waals surface area contributed by atoms with Gasteiger partial charge in [-0.2, -0.15) is 8.42 Å². The van der Waals surface area contributed by atoms with Crippen molar-refractivity contribution in [1.29, 1.82) is 0 Å². The third-order valence-corrected chi connectivity index (χ3v) is 3.17. The van der Waals surface area contributed by atoms with Crippen LogP contribution in [-0.4, -0.2) is 33.5 Å². The molecule has 0 aliphatic carbocycles. The van der Waals surface area contributed by atoms with Gasteiger partial charge < -0.3 is 14.0 Å². The van der Waals surface area contributed by atoms with Gasteiger partial charge in [-0.25, -0.2) is 0 Å². The number of aliphatic hydroxyl groups excluding tert-OH is 1. The van der Waals surface area contributed by atoms with E-state index in [0.29, 0.717) is 9.32 Å². The van der Waals surface area contributed by atoms with Crippen molar-refractivity contribution < 1.29 is 22.4 Å². The van der Waals surface area contributed by atoms with Crippen LogP contribution < -0.4 is 8.92 Å². The number of rotatable bonds is 5. The molecule has 0 aliphatic rings. The molecule has 1 N–H and O–H groups in total. The first-order valence-electron chi connectivity index (χ1n) is 4.91. The minimum Gasteiger partial charge on any atom is -0.493 e. The van der Waals surface area contributed by atoms with Crippen LogP contribution in [0.1, 0.15) is 5.56 Å². The third-order valence-electron chi connectivity index (χ3n) is 1.90. The Morgan fingerprint density at radius 2 is 2.11 bits per heavy atom. The summed E-state index contributed by atoms with van der Waals surface area (Å²) in [5, 5.41) is 8.71. The van der Waals surface area contributed by atoms with Crippen LogP contribution in [0.2, 0.25) is 0 Å². The van der Waals surface area contributed by atoms with Gasteiger partial charge in [-0.1, -0.05) is 12.2 Å². The van der Waals surface area contributed by atoms with Crippen LogP contribution in [0.4, 0.5) is 0 Å². The van der Waals surface area contributed by atoms with Crippen LogP contribution in [0, 0.1) is 3.57 Å². The summed E-state index contributed by atoms with van der Waals surface area (Å²) in [7, 11) is -2.17. The second kappa shape index (κ2) is 6.39. The van der Waals surface area contributed by atoms with Gasteiger partial charge in [0.15, 0.2) is 11.5 Å². The number of hydrogen-bond donors (Lipinski definition) is 1. The van der Waals surface area contributed by atoms with Crippen molar-refractivity contribution in [3.8, 4) is 11.5 Å². The molecule has 0 aliphatic heterocycles. The zero-order valence-corrected chi connectivity index (χ0v) is 12.9. The quantitative estimate of drug-likeness (QED) is 0.618. The van der Waals surface area contributed by atoms with Gasteiger partial charge in [0, 0.05) is 0 Å². The molecule has 1 rings (SSSR count). The summed E-state index contributed by atoms with van der Waals surface area (Å²) in [6, 6.07) is 3.37. The molecule has 0 spiro atoms. The van der Waals surface area contributed by atoms with Crippen LogP contribution >= 0.6 is 22.6 Å². The van der Waals surface area contributed by atoms with Crippen molar-refractivity contribution in [3.63, 3.8) is 0 Å². The van der Waals surface area contributed by atoms with E-state index in [1.807, 2.05) is 22.6 Å². The molecule has 5 nitrogen and oxygen atoms in total. The molecular weight excluding hydrogens is 371 g/mol. The van der Waals surface area contributed by atoms with Crippen molar-refractivity contribution in [2.24, 2.45) is 0 Å². The van der Waals surface area contributed by atoms with E-state index in [-0.39, 0.29) is 12.4 Å². The van der Waals surface area contributed by atoms with Crippen LogP contribution in [0.3, 0.4) is 0 Å². The normalized spacial score (nSPS) is 11.8. The molecule has 0 atom stereocenters. The van der Waals surface area contributed by atoms with E-state index in [9.17, 15) is 8.42 Å². The highest BCUT2D eigenvalue weighted by atomic mass is 127. The summed E-state index contributed by atoms with van der Waals surface area (Å²) in [5.74, 6) is 0.492. The predicted molar refractivity (Wildman–Crippen MR) is 77.3 cm³/mol. The minimum absolute atomic E-state index is 0.0690. The lowest BCUT2D eigenvalue weighted by Gasteiger charge is -2.11. The van der Waals surface area contributed by atoms with Crippen molar-refractivity contribution in [2.45, 2.75) is 0 Å². The highest BCUT2D eigenvalue weighted by Gasteiger charge is 2.15. The van der Waals surface area contributed by atoms with Gasteiger partial charge in [0.1, 0.15) is 0 Å². The summed E-state index contributed by atoms with van der Waals surface area (Å²) >= 11 is 1.96. The number of aliphatic hydroxyl groups is 1. The zero-order valence-electron chi connectivity index (χ0n) is 9.88. The van der Waals surface area contributed by atoms with Crippen LogP contribution in [0.5, 0.6) is 11.5 Å². The standard InChI is InChI=1S/C11H13IO5S/c1-16-10-7-8(4-3-5-13)6-9(12)11(10)17-18(2,14)15/h3-4,6-7,13H,5H2,1-2H3/b4-3+. The molecule has 0 amide bonds. The minimum atomic E-state index is -3.60. The molecule has 0 saturated carbocycles. The fourth-order valence-corrected chi connectivity index (χ4v) is 2.62. The number of hydrogen-bond acceptors (Lipinski definition) is 5. The zero-order chi connectivity index (χ0) is 13.8. The molecule has 0 aromatic heterocycles. The average Bonchev–Trinajstić information content (AvgIpc) is 2.27. The lowest BCUT2D eigenvalue weighted by molar-refractivity contribution is 0.343. The Labute approximate surface area is 120 Å². The molecule has 0 unspecified atom stereocenters. The first kappa shape index (κ1) is 15.3. The van der Waals surface area contributed by atoms with Gasteiger partial charge in [0.05, 0.1) is 23.5 Å². The van der Waals surface area contributed by atoms with Crippen molar-refractivity contribution in [1.82, 2.24) is 0 Å². The van der Waals surface area contributed by atoms with E-state index in [0.717, 1.165) is 11.8 Å². The Morgan fingerprint density at radius 3 is 2.61 bits per heavy atom. The van der Waals surface area contributed by atoms with E-state index < -0.39 is 10.1 Å². The number of halogens is 1. The largest absolute Gasteiger partial charge is 0.493 e. The van der Waals surface area contributed by atoms with Gasteiger partial charge in [-0.05, 0) is 40.3 Å². The Bertz CT molecular complexity index is 551. The SMILES string of the molecule is COc1cc(/C=C/CO)cc(I)c1OS(C)(=O)=O. The Morgan fingerprint density at radius 1 is 1.44 bits per heavy atom. The molecule has 100 valence electrons. The van der Waals surface area contributed by atoms with E-state index in [2.05, 4.69) is 0 Å². The van der Waals surface area contributed by atoms with E-state index in [1.54, 1.807) is 24.3 Å². The smallest absolute Gasteiger partial charge is 0.306 e. The first-order valence-corrected chi connectivity index (χ1v) is 7.81. The fourth-order valence-electron chi connectivity index (χ4n) is 1.26. The average molecular weight is 384 g/mol. The molecule has 1 aromatic rings. The Hall–Kier alpha value is -0.800. The summed E-state index contributed by atoms with van der Waals surface area (Å²) in [5.41, 5.74) is 0.783. The molecule has 0 bridgehead atoms. The number of ether oxygens (including phenoxy) is 1. The summed E-state index contributed by atoms with van der Waals surface area (Å²) in [4.78, 5) is 0. The molecule has 7 heteroatoms. The topological polar surface area (TPSA) is 72.8 Å². The molecule has 0 heterocycles. The maximum atomic E-state index is 11.1. The van der Waals surface area contributed by atoms with Gasteiger partial charge in [0.25, 0.3) is 0 Å². The van der Waals surface area contributed by atoms with E-state index >= 15 is 0 Å². The Balaban J connectivity index is 3.24. The number of benzene rings is 1. The molecular formula is C11H13IO5S. The summed E-state index contributed by atoms with van der Waals surface area (Å²) in [6.45, 7) is -0.0690. The predicted octanol–water partition coefficient (Wildman–Crippen LogP) is 1.64. The monoisotopic (exact) mass is 384 g/mol. The van der Waals surface area contributed by atoms with Crippen LogP contribution in [0.25, 0.3) is 6.08 Å². The number of methoxy groups -OCH3 is 1. The van der Waals surface area contributed by atoms with Gasteiger partial charge in [0.2, 0.25) is 0 Å². The van der Waals surface area contributed by atoms with E-state index in [4.69, 9.17) is 14.0 Å². The van der Waals surface area contributed by atoms with Crippen molar-refractivity contribution in [3.05, 3.63) is 27.3 Å². The molecule has 0 fully saturated rings. The second-order valence-electron chi connectivity index (χ2n) is 3.41. The van der Waals surface area contributed by atoms with Crippen molar-refractivity contribution in [2.75, 3.05) is 20.0 Å². The maximum absolute atomic E-state index is 11.1. The second-order valence-corrected chi connectivity index (χ2v) is 6.14. The maximum Gasteiger partial charge on any atom is 0.306 e. The molecule has 0 saturated heterocycles.